The lowest BCUT2D eigenvalue weighted by atomic mass is 10.1. The summed E-state index contributed by atoms with van der Waals surface area (Å²) in [6, 6.07) is 11.7. The number of hydrogen-bond donors (Lipinski definition) is 2. The van der Waals surface area contributed by atoms with Gasteiger partial charge in [0.05, 0.1) is 6.61 Å². The van der Waals surface area contributed by atoms with E-state index >= 15 is 0 Å². The fourth-order valence-electron chi connectivity index (χ4n) is 2.33. The van der Waals surface area contributed by atoms with Crippen molar-refractivity contribution in [2.45, 2.75) is 13.0 Å². The van der Waals surface area contributed by atoms with Crippen LogP contribution in [0, 0.1) is 0 Å². The third kappa shape index (κ3) is 8.77. The second-order valence-electron chi connectivity index (χ2n) is 5.54. The van der Waals surface area contributed by atoms with Crippen LogP contribution in [0.2, 0.25) is 5.02 Å². The van der Waals surface area contributed by atoms with Gasteiger partial charge in [0, 0.05) is 44.0 Å². The van der Waals surface area contributed by atoms with Gasteiger partial charge in [-0.2, -0.15) is 0 Å². The Morgan fingerprint density at radius 1 is 1.19 bits per heavy atom. The molecule has 0 amide bonds. The van der Waals surface area contributed by atoms with Crippen molar-refractivity contribution in [2.75, 3.05) is 33.9 Å². The van der Waals surface area contributed by atoms with Gasteiger partial charge in [-0.25, -0.2) is 4.98 Å². The number of methoxy groups -OCH3 is 1. The molecule has 0 aliphatic rings. The Morgan fingerprint density at radius 2 is 2.04 bits per heavy atom. The van der Waals surface area contributed by atoms with E-state index < -0.39 is 0 Å². The lowest BCUT2D eigenvalue weighted by molar-refractivity contribution is 0.143. The number of rotatable bonds is 9. The Balaban J connectivity index is 0.00000364. The van der Waals surface area contributed by atoms with Crippen molar-refractivity contribution >= 4 is 41.5 Å². The average molecular weight is 505 g/mol. The fourth-order valence-corrected chi connectivity index (χ4v) is 2.54. The number of ether oxygens (including phenoxy) is 2. The molecule has 2 rings (SSSR count). The molecule has 2 N–H and O–H groups in total. The molecule has 1 aromatic carbocycles. The van der Waals surface area contributed by atoms with Gasteiger partial charge in [-0.15, -0.1) is 24.0 Å². The molecule has 0 spiro atoms. The second kappa shape index (κ2) is 13.6. The average Bonchev–Trinajstić information content (AvgIpc) is 2.66. The summed E-state index contributed by atoms with van der Waals surface area (Å²) in [7, 11) is 3.39. The predicted octanol–water partition coefficient (Wildman–Crippen LogP) is 3.29. The van der Waals surface area contributed by atoms with Crippen LogP contribution in [-0.4, -0.2) is 44.9 Å². The maximum absolute atomic E-state index is 6.01. The summed E-state index contributed by atoms with van der Waals surface area (Å²) < 4.78 is 10.6. The zero-order valence-electron chi connectivity index (χ0n) is 15.6. The molecule has 0 atom stereocenters. The smallest absolute Gasteiger partial charge is 0.218 e. The standard InChI is InChI=1S/C19H25ClN4O2.HI/c1-21-19(23-10-8-15-5-3-7-17(20)13-15)24-14-16-6-4-9-22-18(16)26-12-11-25-2;/h3-7,9,13H,8,10-12,14H2,1-2H3,(H2,21,23,24);1H. The summed E-state index contributed by atoms with van der Waals surface area (Å²) in [5.41, 5.74) is 2.14. The number of nitrogens with zero attached hydrogens (tertiary/aromatic N) is 2. The lowest BCUT2D eigenvalue weighted by Gasteiger charge is -2.14. The second-order valence-corrected chi connectivity index (χ2v) is 5.98. The highest BCUT2D eigenvalue weighted by molar-refractivity contribution is 14.0. The zero-order valence-corrected chi connectivity index (χ0v) is 18.7. The number of pyridine rings is 1. The van der Waals surface area contributed by atoms with Crippen molar-refractivity contribution < 1.29 is 9.47 Å². The summed E-state index contributed by atoms with van der Waals surface area (Å²) in [6.45, 7) is 2.31. The molecule has 2 aromatic rings. The van der Waals surface area contributed by atoms with Crippen LogP contribution in [0.25, 0.3) is 0 Å². The zero-order chi connectivity index (χ0) is 18.6. The quantitative estimate of drug-likeness (QED) is 0.237. The summed E-state index contributed by atoms with van der Waals surface area (Å²) in [5.74, 6) is 1.32. The third-order valence-corrected chi connectivity index (χ3v) is 3.88. The number of aliphatic imine (C=N–C) groups is 1. The van der Waals surface area contributed by atoms with Crippen molar-refractivity contribution in [2.24, 2.45) is 4.99 Å². The van der Waals surface area contributed by atoms with Gasteiger partial charge < -0.3 is 20.1 Å². The van der Waals surface area contributed by atoms with E-state index in [2.05, 4.69) is 26.7 Å². The minimum Gasteiger partial charge on any atom is -0.475 e. The van der Waals surface area contributed by atoms with Crippen LogP contribution in [0.5, 0.6) is 5.88 Å². The van der Waals surface area contributed by atoms with E-state index in [9.17, 15) is 0 Å². The minimum atomic E-state index is 0. The van der Waals surface area contributed by atoms with Crippen molar-refractivity contribution in [1.29, 1.82) is 0 Å². The summed E-state index contributed by atoms with van der Waals surface area (Å²) >= 11 is 6.01. The monoisotopic (exact) mass is 504 g/mol. The topological polar surface area (TPSA) is 67.8 Å². The van der Waals surface area contributed by atoms with Gasteiger partial charge in [0.15, 0.2) is 5.96 Å². The maximum Gasteiger partial charge on any atom is 0.218 e. The molecule has 148 valence electrons. The molecule has 1 heterocycles. The Hall–Kier alpha value is -1.58. The van der Waals surface area contributed by atoms with Gasteiger partial charge in [-0.3, -0.25) is 4.99 Å². The summed E-state index contributed by atoms with van der Waals surface area (Å²) in [6.07, 6.45) is 2.57. The van der Waals surface area contributed by atoms with E-state index in [1.807, 2.05) is 30.3 Å². The van der Waals surface area contributed by atoms with E-state index in [1.165, 1.54) is 5.56 Å². The van der Waals surface area contributed by atoms with Crippen molar-refractivity contribution in [1.82, 2.24) is 15.6 Å². The van der Waals surface area contributed by atoms with Crippen LogP contribution >= 0.6 is 35.6 Å². The first-order valence-electron chi connectivity index (χ1n) is 8.47. The van der Waals surface area contributed by atoms with Crippen molar-refractivity contribution in [3.8, 4) is 5.88 Å². The number of halogens is 2. The predicted molar refractivity (Wildman–Crippen MR) is 120 cm³/mol. The molecule has 8 heteroatoms. The SMILES string of the molecule is CN=C(NCCc1cccc(Cl)c1)NCc1cccnc1OCCOC.I. The Bertz CT molecular complexity index is 716. The molecule has 0 aliphatic heterocycles. The number of aromatic nitrogens is 1. The van der Waals surface area contributed by atoms with Gasteiger partial charge in [0.2, 0.25) is 5.88 Å². The van der Waals surface area contributed by atoms with Crippen LogP contribution < -0.4 is 15.4 Å². The van der Waals surface area contributed by atoms with Crippen LogP contribution in [0.1, 0.15) is 11.1 Å². The highest BCUT2D eigenvalue weighted by Gasteiger charge is 2.06. The molecule has 0 fully saturated rings. The number of hydrogen-bond acceptors (Lipinski definition) is 4. The molecule has 0 aliphatic carbocycles. The van der Waals surface area contributed by atoms with E-state index in [0.717, 1.165) is 29.5 Å². The van der Waals surface area contributed by atoms with Gasteiger partial charge in [0.1, 0.15) is 6.61 Å². The largest absolute Gasteiger partial charge is 0.475 e. The molecular formula is C19H26ClIN4O2. The molecule has 0 radical (unpaired) electrons. The Kier molecular flexibility index (Phi) is 11.8. The van der Waals surface area contributed by atoms with Gasteiger partial charge in [-0.05, 0) is 30.2 Å². The van der Waals surface area contributed by atoms with E-state index in [4.69, 9.17) is 21.1 Å². The summed E-state index contributed by atoms with van der Waals surface area (Å²) in [5, 5.41) is 7.32. The van der Waals surface area contributed by atoms with Crippen molar-refractivity contribution in [3.05, 3.63) is 58.7 Å². The van der Waals surface area contributed by atoms with Gasteiger partial charge in [0.25, 0.3) is 0 Å². The van der Waals surface area contributed by atoms with Crippen LogP contribution in [0.15, 0.2) is 47.6 Å². The third-order valence-electron chi connectivity index (χ3n) is 3.64. The Morgan fingerprint density at radius 3 is 2.78 bits per heavy atom. The highest BCUT2D eigenvalue weighted by atomic mass is 127. The lowest BCUT2D eigenvalue weighted by Crippen LogP contribution is -2.38. The molecule has 0 saturated heterocycles. The van der Waals surface area contributed by atoms with Gasteiger partial charge >= 0.3 is 0 Å². The van der Waals surface area contributed by atoms with E-state index in [-0.39, 0.29) is 24.0 Å². The first-order valence-corrected chi connectivity index (χ1v) is 8.85. The molecule has 27 heavy (non-hydrogen) atoms. The van der Waals surface area contributed by atoms with Crippen LogP contribution in [-0.2, 0) is 17.7 Å². The van der Waals surface area contributed by atoms with Crippen molar-refractivity contribution in [3.63, 3.8) is 0 Å². The highest BCUT2D eigenvalue weighted by Crippen LogP contribution is 2.14. The minimum absolute atomic E-state index is 0. The Labute approximate surface area is 182 Å². The van der Waals surface area contributed by atoms with Gasteiger partial charge in [-0.1, -0.05) is 29.8 Å². The van der Waals surface area contributed by atoms with Crippen LogP contribution in [0.4, 0.5) is 0 Å². The summed E-state index contributed by atoms with van der Waals surface area (Å²) in [4.78, 5) is 8.52. The number of benzene rings is 1. The number of nitrogens with one attached hydrogen (secondary N) is 2. The maximum atomic E-state index is 6.01. The first kappa shape index (κ1) is 23.5. The molecular weight excluding hydrogens is 479 g/mol. The molecule has 0 bridgehead atoms. The normalized spacial score (nSPS) is 10.9. The van der Waals surface area contributed by atoms with E-state index in [0.29, 0.717) is 25.6 Å². The molecule has 6 nitrogen and oxygen atoms in total. The number of guanidine groups is 1. The van der Waals surface area contributed by atoms with Crippen LogP contribution in [0.3, 0.4) is 0 Å². The fraction of sp³-hybridized carbons (Fsp3) is 0.368. The van der Waals surface area contributed by atoms with E-state index in [1.54, 1.807) is 20.4 Å². The molecule has 0 unspecified atom stereocenters. The first-order chi connectivity index (χ1) is 12.7. The molecule has 0 saturated carbocycles. The molecule has 1 aromatic heterocycles.